The minimum Gasteiger partial charge on any atom is -0.480 e. The molecule has 0 radical (unpaired) electrons. The fourth-order valence-corrected chi connectivity index (χ4v) is 3.73. The molecule has 0 saturated heterocycles. The molecule has 2 heterocycles. The SMILES string of the molecule is CCn1c(C)c(C(NC)C(=O)O)c2cc3c(cc21)CN(C)C3. The fourth-order valence-electron chi connectivity index (χ4n) is 3.73. The van der Waals surface area contributed by atoms with Gasteiger partial charge in [0, 0.05) is 41.8 Å². The minimum absolute atomic E-state index is 0.674. The van der Waals surface area contributed by atoms with Gasteiger partial charge in [0.05, 0.1) is 0 Å². The molecule has 2 N–H and O–H groups in total. The third-order valence-corrected chi connectivity index (χ3v) is 4.71. The van der Waals surface area contributed by atoms with Gasteiger partial charge in [0.25, 0.3) is 0 Å². The number of carboxylic acids is 1. The van der Waals surface area contributed by atoms with Crippen molar-refractivity contribution in [3.63, 3.8) is 0 Å². The molecule has 1 atom stereocenters. The molecular weight excluding hydrogens is 278 g/mol. The first-order chi connectivity index (χ1) is 10.5. The van der Waals surface area contributed by atoms with Crippen molar-refractivity contribution in [2.24, 2.45) is 0 Å². The van der Waals surface area contributed by atoms with Crippen LogP contribution in [0.5, 0.6) is 0 Å². The average Bonchev–Trinajstić information content (AvgIpc) is 2.94. The first-order valence-corrected chi connectivity index (χ1v) is 7.71. The molecule has 1 aromatic carbocycles. The third-order valence-electron chi connectivity index (χ3n) is 4.71. The molecule has 0 spiro atoms. The van der Waals surface area contributed by atoms with Crippen molar-refractivity contribution >= 4 is 16.9 Å². The molecule has 0 amide bonds. The van der Waals surface area contributed by atoms with Crippen molar-refractivity contribution in [3.05, 3.63) is 34.5 Å². The van der Waals surface area contributed by atoms with Crippen LogP contribution in [0.4, 0.5) is 0 Å². The molecular formula is C17H23N3O2. The van der Waals surface area contributed by atoms with E-state index in [1.807, 2.05) is 6.92 Å². The number of aryl methyl sites for hydroxylation is 1. The average molecular weight is 301 g/mol. The molecule has 5 nitrogen and oxygen atoms in total. The maximum Gasteiger partial charge on any atom is 0.325 e. The summed E-state index contributed by atoms with van der Waals surface area (Å²) in [6.07, 6.45) is 0. The van der Waals surface area contributed by atoms with Gasteiger partial charge in [0.1, 0.15) is 6.04 Å². The molecule has 3 rings (SSSR count). The molecule has 22 heavy (non-hydrogen) atoms. The number of aromatic nitrogens is 1. The van der Waals surface area contributed by atoms with Crippen LogP contribution in [0.3, 0.4) is 0 Å². The van der Waals surface area contributed by atoms with E-state index in [0.29, 0.717) is 0 Å². The van der Waals surface area contributed by atoms with Crippen LogP contribution in [0.15, 0.2) is 12.1 Å². The van der Waals surface area contributed by atoms with Crippen molar-refractivity contribution in [1.82, 2.24) is 14.8 Å². The van der Waals surface area contributed by atoms with E-state index in [1.54, 1.807) is 7.05 Å². The van der Waals surface area contributed by atoms with Gasteiger partial charge in [-0.05, 0) is 51.2 Å². The molecule has 2 aromatic rings. The van der Waals surface area contributed by atoms with Gasteiger partial charge < -0.3 is 15.0 Å². The first-order valence-electron chi connectivity index (χ1n) is 7.71. The van der Waals surface area contributed by atoms with E-state index < -0.39 is 12.0 Å². The standard InChI is InChI=1S/C17H23N3O2/c1-5-20-10(2)15(16(18-3)17(21)22)13-6-11-8-19(4)9-12(11)7-14(13)20/h6-7,16,18H,5,8-9H2,1-4H3,(H,21,22). The zero-order valence-corrected chi connectivity index (χ0v) is 13.6. The molecule has 1 unspecified atom stereocenters. The molecule has 1 aliphatic rings. The monoisotopic (exact) mass is 301 g/mol. The van der Waals surface area contributed by atoms with Crippen molar-refractivity contribution < 1.29 is 9.90 Å². The number of hydrogen-bond acceptors (Lipinski definition) is 3. The van der Waals surface area contributed by atoms with Crippen LogP contribution in [0.25, 0.3) is 10.9 Å². The Kier molecular flexibility index (Phi) is 3.70. The summed E-state index contributed by atoms with van der Waals surface area (Å²) < 4.78 is 2.22. The maximum absolute atomic E-state index is 11.6. The quantitative estimate of drug-likeness (QED) is 0.909. The smallest absolute Gasteiger partial charge is 0.325 e. The molecule has 1 aromatic heterocycles. The Balaban J connectivity index is 2.30. The number of aliphatic carboxylic acids is 1. The molecule has 0 saturated carbocycles. The van der Waals surface area contributed by atoms with E-state index in [0.717, 1.165) is 41.8 Å². The van der Waals surface area contributed by atoms with Crippen LogP contribution in [0.2, 0.25) is 0 Å². The van der Waals surface area contributed by atoms with Gasteiger partial charge in [-0.25, -0.2) is 0 Å². The third kappa shape index (κ3) is 2.12. The van der Waals surface area contributed by atoms with Crippen LogP contribution in [-0.2, 0) is 24.4 Å². The Morgan fingerprint density at radius 1 is 1.36 bits per heavy atom. The zero-order valence-electron chi connectivity index (χ0n) is 13.6. The summed E-state index contributed by atoms with van der Waals surface area (Å²) in [5.74, 6) is -0.835. The van der Waals surface area contributed by atoms with Gasteiger partial charge >= 0.3 is 5.97 Å². The number of fused-ring (bicyclic) bond motifs is 2. The fraction of sp³-hybridized carbons (Fsp3) is 0.471. The second-order valence-corrected chi connectivity index (χ2v) is 6.11. The molecule has 0 bridgehead atoms. The van der Waals surface area contributed by atoms with Gasteiger partial charge in [-0.15, -0.1) is 0 Å². The maximum atomic E-state index is 11.6. The Bertz CT molecular complexity index is 748. The summed E-state index contributed by atoms with van der Waals surface area (Å²) in [5, 5.41) is 13.6. The lowest BCUT2D eigenvalue weighted by atomic mass is 10.00. The molecule has 0 fully saturated rings. The van der Waals surface area contributed by atoms with E-state index in [4.69, 9.17) is 0 Å². The highest BCUT2D eigenvalue weighted by Crippen LogP contribution is 2.35. The number of likely N-dealkylation sites (N-methyl/N-ethyl adjacent to an activating group) is 1. The van der Waals surface area contributed by atoms with Crippen LogP contribution in [-0.4, -0.2) is 34.6 Å². The lowest BCUT2D eigenvalue weighted by molar-refractivity contribution is -0.139. The molecule has 118 valence electrons. The van der Waals surface area contributed by atoms with Crippen molar-refractivity contribution in [1.29, 1.82) is 0 Å². The van der Waals surface area contributed by atoms with Gasteiger partial charge in [0.15, 0.2) is 0 Å². The number of carbonyl (C=O) groups is 1. The molecule has 0 aliphatic carbocycles. The highest BCUT2D eigenvalue weighted by atomic mass is 16.4. The number of nitrogens with one attached hydrogen (secondary N) is 1. The predicted octanol–water partition coefficient (Wildman–Crippen LogP) is 2.26. The van der Waals surface area contributed by atoms with Crippen LogP contribution in [0, 0.1) is 6.92 Å². The van der Waals surface area contributed by atoms with Crippen molar-refractivity contribution in [3.8, 4) is 0 Å². The van der Waals surface area contributed by atoms with Crippen molar-refractivity contribution in [2.45, 2.75) is 39.5 Å². The lowest BCUT2D eigenvalue weighted by Crippen LogP contribution is -2.25. The summed E-state index contributed by atoms with van der Waals surface area (Å²) in [4.78, 5) is 13.9. The Morgan fingerprint density at radius 3 is 2.55 bits per heavy atom. The first kappa shape index (κ1) is 15.1. The molecule has 5 heteroatoms. The zero-order chi connectivity index (χ0) is 16.0. The Morgan fingerprint density at radius 2 is 2.00 bits per heavy atom. The number of benzene rings is 1. The second kappa shape index (κ2) is 5.41. The van der Waals surface area contributed by atoms with E-state index in [1.165, 1.54) is 11.1 Å². The summed E-state index contributed by atoms with van der Waals surface area (Å²) in [6.45, 7) is 6.85. The predicted molar refractivity (Wildman–Crippen MR) is 87.0 cm³/mol. The Hall–Kier alpha value is -1.85. The lowest BCUT2D eigenvalue weighted by Gasteiger charge is -2.12. The number of nitrogens with zero attached hydrogens (tertiary/aromatic N) is 2. The second-order valence-electron chi connectivity index (χ2n) is 6.11. The molecule has 1 aliphatic heterocycles. The van der Waals surface area contributed by atoms with Crippen LogP contribution in [0.1, 0.15) is 35.3 Å². The minimum atomic E-state index is -0.835. The van der Waals surface area contributed by atoms with Crippen LogP contribution < -0.4 is 5.32 Å². The van der Waals surface area contributed by atoms with Gasteiger partial charge in [-0.2, -0.15) is 0 Å². The normalized spacial score (nSPS) is 16.2. The summed E-state index contributed by atoms with van der Waals surface area (Å²) in [5.41, 5.74) is 5.74. The summed E-state index contributed by atoms with van der Waals surface area (Å²) in [6, 6.07) is 3.76. The van der Waals surface area contributed by atoms with Gasteiger partial charge in [0.2, 0.25) is 0 Å². The highest BCUT2D eigenvalue weighted by molar-refractivity contribution is 5.92. The van der Waals surface area contributed by atoms with Gasteiger partial charge in [-0.1, -0.05) is 0 Å². The van der Waals surface area contributed by atoms with E-state index in [9.17, 15) is 9.90 Å². The summed E-state index contributed by atoms with van der Waals surface area (Å²) in [7, 11) is 3.81. The van der Waals surface area contributed by atoms with E-state index in [2.05, 4.69) is 40.9 Å². The topological polar surface area (TPSA) is 57.5 Å². The van der Waals surface area contributed by atoms with E-state index in [-0.39, 0.29) is 0 Å². The summed E-state index contributed by atoms with van der Waals surface area (Å²) >= 11 is 0. The van der Waals surface area contributed by atoms with Crippen LogP contribution >= 0.6 is 0 Å². The number of rotatable bonds is 4. The highest BCUT2D eigenvalue weighted by Gasteiger charge is 2.27. The van der Waals surface area contributed by atoms with Crippen molar-refractivity contribution in [2.75, 3.05) is 14.1 Å². The number of carboxylic acid groups (broad SMARTS) is 1. The largest absolute Gasteiger partial charge is 0.480 e. The van der Waals surface area contributed by atoms with E-state index >= 15 is 0 Å². The van der Waals surface area contributed by atoms with Gasteiger partial charge in [-0.3, -0.25) is 9.69 Å². The number of hydrogen-bond donors (Lipinski definition) is 2. The Labute approximate surface area is 130 Å².